The van der Waals surface area contributed by atoms with Gasteiger partial charge in [-0.25, -0.2) is 13.4 Å². The van der Waals surface area contributed by atoms with Gasteiger partial charge in [0.15, 0.2) is 0 Å². The quantitative estimate of drug-likeness (QED) is 0.742. The average Bonchev–Trinajstić information content (AvgIpc) is 3.14. The molecule has 1 aliphatic rings. The number of aryl methyl sites for hydroxylation is 2. The first-order chi connectivity index (χ1) is 12.5. The third-order valence-electron chi connectivity index (χ3n) is 5.08. The minimum absolute atomic E-state index is 0.397. The molecule has 1 fully saturated rings. The second kappa shape index (κ2) is 8.33. The molecule has 0 N–H and O–H groups in total. The Labute approximate surface area is 156 Å². The molecular formula is C19H28N4O2S. The van der Waals surface area contributed by atoms with E-state index in [1.807, 2.05) is 24.5 Å². The van der Waals surface area contributed by atoms with Crippen LogP contribution in [0.5, 0.6) is 0 Å². The topological polar surface area (TPSA) is 58.4 Å². The van der Waals surface area contributed by atoms with E-state index < -0.39 is 10.0 Å². The molecule has 1 saturated heterocycles. The second-order valence-corrected chi connectivity index (χ2v) is 8.57. The molecular weight excluding hydrogens is 348 g/mol. The van der Waals surface area contributed by atoms with E-state index in [0.29, 0.717) is 18.0 Å². The van der Waals surface area contributed by atoms with Gasteiger partial charge in [0.1, 0.15) is 5.82 Å². The fraction of sp³-hybridized carbons (Fsp3) is 0.526. The lowest BCUT2D eigenvalue weighted by atomic mass is 10.2. The zero-order chi connectivity index (χ0) is 18.6. The molecule has 1 aromatic heterocycles. The predicted molar refractivity (Wildman–Crippen MR) is 103 cm³/mol. The van der Waals surface area contributed by atoms with Crippen molar-refractivity contribution in [3.63, 3.8) is 0 Å². The number of rotatable bonds is 7. The van der Waals surface area contributed by atoms with E-state index in [4.69, 9.17) is 0 Å². The summed E-state index contributed by atoms with van der Waals surface area (Å²) < 4.78 is 29.4. The molecule has 7 heteroatoms. The highest BCUT2D eigenvalue weighted by Gasteiger charge is 2.28. The summed E-state index contributed by atoms with van der Waals surface area (Å²) in [5.41, 5.74) is 1.15. The minimum atomic E-state index is -3.39. The molecule has 0 atom stereocenters. The van der Waals surface area contributed by atoms with Crippen molar-refractivity contribution in [3.8, 4) is 0 Å². The summed E-state index contributed by atoms with van der Waals surface area (Å²) >= 11 is 0. The van der Waals surface area contributed by atoms with Crippen LogP contribution in [0.4, 0.5) is 0 Å². The predicted octanol–water partition coefficient (Wildman–Crippen LogP) is 2.01. The van der Waals surface area contributed by atoms with Gasteiger partial charge in [-0.05, 0) is 24.1 Å². The number of nitrogens with zero attached hydrogens (tertiary/aromatic N) is 4. The van der Waals surface area contributed by atoms with Crippen molar-refractivity contribution >= 4 is 10.0 Å². The van der Waals surface area contributed by atoms with Gasteiger partial charge in [0.25, 0.3) is 0 Å². The molecule has 0 unspecified atom stereocenters. The summed E-state index contributed by atoms with van der Waals surface area (Å²) in [4.78, 5) is 7.07. The highest BCUT2D eigenvalue weighted by molar-refractivity contribution is 7.89. The Morgan fingerprint density at radius 3 is 2.27 bits per heavy atom. The van der Waals surface area contributed by atoms with Crippen LogP contribution in [-0.4, -0.2) is 59.9 Å². The van der Waals surface area contributed by atoms with E-state index in [1.165, 1.54) is 0 Å². The summed E-state index contributed by atoms with van der Waals surface area (Å²) in [6.07, 6.45) is 5.69. The maximum absolute atomic E-state index is 12.8. The van der Waals surface area contributed by atoms with E-state index in [2.05, 4.69) is 28.3 Å². The summed E-state index contributed by atoms with van der Waals surface area (Å²) in [6.45, 7) is 8.61. The maximum atomic E-state index is 12.8. The lowest BCUT2D eigenvalue weighted by molar-refractivity contribution is 0.182. The molecule has 2 aromatic rings. The van der Waals surface area contributed by atoms with Crippen LogP contribution >= 0.6 is 0 Å². The molecule has 1 aromatic carbocycles. The summed E-state index contributed by atoms with van der Waals surface area (Å²) in [5, 5.41) is 0. The van der Waals surface area contributed by atoms with E-state index in [9.17, 15) is 8.42 Å². The fourth-order valence-electron chi connectivity index (χ4n) is 3.35. The first-order valence-corrected chi connectivity index (χ1v) is 10.8. The number of hydrogen-bond acceptors (Lipinski definition) is 4. The van der Waals surface area contributed by atoms with Crippen molar-refractivity contribution in [3.05, 3.63) is 48.0 Å². The molecule has 0 spiro atoms. The lowest BCUT2D eigenvalue weighted by Crippen LogP contribution is -2.49. The molecule has 0 saturated carbocycles. The van der Waals surface area contributed by atoms with Crippen molar-refractivity contribution in [2.75, 3.05) is 32.7 Å². The highest BCUT2D eigenvalue weighted by Crippen LogP contribution is 2.18. The molecule has 0 amide bonds. The SMILES string of the molecule is CCc1ccc(S(=O)(=O)N2CCN(CCn3ccnc3CC)CC2)cc1. The molecule has 142 valence electrons. The third kappa shape index (κ3) is 4.16. The third-order valence-corrected chi connectivity index (χ3v) is 6.99. The Morgan fingerprint density at radius 1 is 0.962 bits per heavy atom. The maximum Gasteiger partial charge on any atom is 0.243 e. The van der Waals surface area contributed by atoms with Crippen molar-refractivity contribution in [1.29, 1.82) is 0 Å². The Morgan fingerprint density at radius 2 is 1.65 bits per heavy atom. The normalized spacial score (nSPS) is 16.8. The molecule has 0 radical (unpaired) electrons. The second-order valence-electron chi connectivity index (χ2n) is 6.63. The van der Waals surface area contributed by atoms with Gasteiger partial charge < -0.3 is 4.57 Å². The number of sulfonamides is 1. The van der Waals surface area contributed by atoms with Gasteiger partial charge in [-0.2, -0.15) is 4.31 Å². The van der Waals surface area contributed by atoms with Crippen LogP contribution in [-0.2, 0) is 29.4 Å². The zero-order valence-electron chi connectivity index (χ0n) is 15.6. The minimum Gasteiger partial charge on any atom is -0.334 e. The fourth-order valence-corrected chi connectivity index (χ4v) is 4.77. The van der Waals surface area contributed by atoms with E-state index >= 15 is 0 Å². The zero-order valence-corrected chi connectivity index (χ0v) is 16.5. The van der Waals surface area contributed by atoms with Gasteiger partial charge in [0, 0.05) is 58.1 Å². The molecule has 1 aliphatic heterocycles. The van der Waals surface area contributed by atoms with Crippen LogP contribution in [0.15, 0.2) is 41.6 Å². The molecule has 6 nitrogen and oxygen atoms in total. The van der Waals surface area contributed by atoms with Crippen molar-refractivity contribution in [1.82, 2.24) is 18.8 Å². The van der Waals surface area contributed by atoms with Gasteiger partial charge in [0.2, 0.25) is 10.0 Å². The Kier molecular flexibility index (Phi) is 6.11. The largest absolute Gasteiger partial charge is 0.334 e. The molecule has 2 heterocycles. The van der Waals surface area contributed by atoms with Crippen LogP contribution in [0, 0.1) is 0 Å². The van der Waals surface area contributed by atoms with Crippen LogP contribution in [0.3, 0.4) is 0 Å². The highest BCUT2D eigenvalue weighted by atomic mass is 32.2. The monoisotopic (exact) mass is 376 g/mol. The first kappa shape index (κ1) is 19.1. The molecule has 26 heavy (non-hydrogen) atoms. The van der Waals surface area contributed by atoms with Crippen LogP contribution in [0.1, 0.15) is 25.2 Å². The van der Waals surface area contributed by atoms with Gasteiger partial charge in [-0.3, -0.25) is 4.90 Å². The number of imidazole rings is 1. The van der Waals surface area contributed by atoms with Gasteiger partial charge in [-0.15, -0.1) is 0 Å². The Hall–Kier alpha value is -1.70. The molecule has 0 aliphatic carbocycles. The summed E-state index contributed by atoms with van der Waals surface area (Å²) in [5.74, 6) is 1.10. The van der Waals surface area contributed by atoms with Crippen molar-refractivity contribution in [2.24, 2.45) is 0 Å². The Balaban J connectivity index is 1.55. The van der Waals surface area contributed by atoms with Crippen LogP contribution < -0.4 is 0 Å². The number of aromatic nitrogens is 2. The summed E-state index contributed by atoms with van der Waals surface area (Å²) in [7, 11) is -3.39. The van der Waals surface area contributed by atoms with Gasteiger partial charge in [0.05, 0.1) is 4.90 Å². The van der Waals surface area contributed by atoms with Gasteiger partial charge >= 0.3 is 0 Å². The van der Waals surface area contributed by atoms with Crippen LogP contribution in [0.2, 0.25) is 0 Å². The lowest BCUT2D eigenvalue weighted by Gasteiger charge is -2.34. The first-order valence-electron chi connectivity index (χ1n) is 9.36. The van der Waals surface area contributed by atoms with E-state index in [-0.39, 0.29) is 0 Å². The van der Waals surface area contributed by atoms with Crippen LogP contribution in [0.25, 0.3) is 0 Å². The number of piperazine rings is 1. The number of hydrogen-bond donors (Lipinski definition) is 0. The van der Waals surface area contributed by atoms with Crippen molar-refractivity contribution < 1.29 is 8.42 Å². The molecule has 3 rings (SSSR count). The smallest absolute Gasteiger partial charge is 0.243 e. The summed E-state index contributed by atoms with van der Waals surface area (Å²) in [6, 6.07) is 7.26. The Bertz CT molecular complexity index is 806. The average molecular weight is 377 g/mol. The van der Waals surface area contributed by atoms with E-state index in [0.717, 1.165) is 50.4 Å². The van der Waals surface area contributed by atoms with Gasteiger partial charge in [-0.1, -0.05) is 26.0 Å². The molecule has 0 bridgehead atoms. The van der Waals surface area contributed by atoms with Crippen molar-refractivity contribution in [2.45, 2.75) is 38.1 Å². The van der Waals surface area contributed by atoms with E-state index in [1.54, 1.807) is 16.4 Å². The standard InChI is InChI=1S/C19H28N4O2S/c1-3-17-5-7-18(8-6-17)26(24,25)23-15-12-21(13-16-23)11-14-22-10-9-20-19(22)4-2/h5-10H,3-4,11-16H2,1-2H3. The number of benzene rings is 1.